The number of aromatic nitrogens is 2. The molecule has 3 rings (SSSR count). The van der Waals surface area contributed by atoms with Crippen LogP contribution in [0.25, 0.3) is 0 Å². The van der Waals surface area contributed by atoms with Gasteiger partial charge < -0.3 is 27.8 Å². The Morgan fingerprint density at radius 1 is 0.935 bits per heavy atom. The van der Waals surface area contributed by atoms with Crippen LogP contribution in [0.3, 0.4) is 0 Å². The number of hydrogen-bond acceptors (Lipinski definition) is 8. The molecule has 11 nitrogen and oxygen atoms in total. The first-order chi connectivity index (χ1) is 22.1. The monoisotopic (exact) mass is 655 g/mol. The van der Waals surface area contributed by atoms with Crippen LogP contribution in [-0.4, -0.2) is 59.3 Å². The molecule has 254 valence electrons. The first kappa shape index (κ1) is 37.0. The van der Waals surface area contributed by atoms with Gasteiger partial charge in [-0.1, -0.05) is 56.3 Å². The summed E-state index contributed by atoms with van der Waals surface area (Å²) in [7, 11) is 2.20. The fourth-order valence-electron chi connectivity index (χ4n) is 6.20. The van der Waals surface area contributed by atoms with E-state index < -0.39 is 5.91 Å². The third-order valence-corrected chi connectivity index (χ3v) is 9.11. The Morgan fingerprint density at radius 2 is 1.61 bits per heavy atom. The van der Waals surface area contributed by atoms with E-state index in [-0.39, 0.29) is 40.3 Å². The number of benzene rings is 1. The standard InChI is InChI=1S/C34H54ClN9O2/c1-3-4-5-11-20-44(2)21-12-9-14-25(32(38)45)22-24-18-17-23(26-15-6-7-16-27(24)26)13-8-10-19-40-34(39)43-33(46)28-30(36)42-31(37)29(35)41-28/h17-18,25H,3-16,19-22H2,1-2H3,(H2,38,45)(H4,36,37,42)(H3,39,40,43,46)/t25-/m0/s1. The zero-order valence-electron chi connectivity index (χ0n) is 27.8. The number of nitrogens with zero attached hydrogens (tertiary/aromatic N) is 4. The Balaban J connectivity index is 1.49. The van der Waals surface area contributed by atoms with Crippen molar-refractivity contribution in [3.05, 3.63) is 45.2 Å². The maximum absolute atomic E-state index is 12.4. The van der Waals surface area contributed by atoms with Gasteiger partial charge in [0, 0.05) is 12.5 Å². The highest BCUT2D eigenvalue weighted by Crippen LogP contribution is 2.31. The summed E-state index contributed by atoms with van der Waals surface area (Å²) in [6.07, 6.45) is 16.0. The molecule has 0 saturated heterocycles. The van der Waals surface area contributed by atoms with Gasteiger partial charge in [0.1, 0.15) is 0 Å². The van der Waals surface area contributed by atoms with Gasteiger partial charge in [-0.15, -0.1) is 0 Å². The minimum Gasteiger partial charge on any atom is -0.382 e. The molecule has 1 aliphatic carbocycles. The summed E-state index contributed by atoms with van der Waals surface area (Å²) in [6, 6.07) is 4.47. The van der Waals surface area contributed by atoms with E-state index in [4.69, 9.17) is 34.5 Å². The van der Waals surface area contributed by atoms with Crippen LogP contribution >= 0.6 is 11.6 Å². The molecule has 0 saturated carbocycles. The molecule has 9 N–H and O–H groups in total. The lowest BCUT2D eigenvalue weighted by molar-refractivity contribution is -0.122. The van der Waals surface area contributed by atoms with Crippen molar-refractivity contribution in [3.8, 4) is 0 Å². The van der Waals surface area contributed by atoms with Gasteiger partial charge >= 0.3 is 0 Å². The fraction of sp³-hybridized carbons (Fsp3) is 0.618. The van der Waals surface area contributed by atoms with Crippen LogP contribution in [0.4, 0.5) is 11.6 Å². The van der Waals surface area contributed by atoms with Gasteiger partial charge in [0.2, 0.25) is 5.91 Å². The average Bonchev–Trinajstić information content (AvgIpc) is 3.02. The molecular weight excluding hydrogens is 602 g/mol. The number of unbranched alkanes of at least 4 members (excludes halogenated alkanes) is 5. The Morgan fingerprint density at radius 3 is 2.30 bits per heavy atom. The van der Waals surface area contributed by atoms with Crippen molar-refractivity contribution in [3.63, 3.8) is 0 Å². The van der Waals surface area contributed by atoms with E-state index >= 15 is 0 Å². The molecule has 1 aliphatic rings. The molecule has 0 fully saturated rings. The number of rotatable bonds is 19. The SMILES string of the molecule is CCCCCCN(C)CCCC[C@@H](Cc1ccc(CCCCN=C(N)NC(=O)c2nc(Cl)c(N)nc2N)c2c1CCCC2)C(N)=O. The Kier molecular flexibility index (Phi) is 15.5. The van der Waals surface area contributed by atoms with E-state index in [9.17, 15) is 9.59 Å². The molecule has 1 atom stereocenters. The number of primary amides is 1. The molecule has 1 heterocycles. The number of halogens is 1. The molecule has 0 radical (unpaired) electrons. The van der Waals surface area contributed by atoms with E-state index in [1.165, 1.54) is 60.8 Å². The number of nitrogens with one attached hydrogen (secondary N) is 1. The second-order valence-corrected chi connectivity index (χ2v) is 12.9. The highest BCUT2D eigenvalue weighted by molar-refractivity contribution is 6.31. The van der Waals surface area contributed by atoms with Crippen LogP contribution in [0.2, 0.25) is 5.15 Å². The minimum absolute atomic E-state index is 0.0284. The summed E-state index contributed by atoms with van der Waals surface area (Å²) >= 11 is 5.86. The second-order valence-electron chi connectivity index (χ2n) is 12.5. The normalized spacial score (nSPS) is 13.9. The van der Waals surface area contributed by atoms with Crippen molar-refractivity contribution in [2.75, 3.05) is 38.1 Å². The van der Waals surface area contributed by atoms with Crippen molar-refractivity contribution in [2.24, 2.45) is 22.4 Å². The first-order valence-corrected chi connectivity index (χ1v) is 17.3. The minimum atomic E-state index is -0.654. The summed E-state index contributed by atoms with van der Waals surface area (Å²) < 4.78 is 0. The Hall–Kier alpha value is -3.44. The van der Waals surface area contributed by atoms with Gasteiger partial charge in [-0.05, 0) is 113 Å². The predicted molar refractivity (Wildman–Crippen MR) is 188 cm³/mol. The molecule has 46 heavy (non-hydrogen) atoms. The number of nitrogen functional groups attached to an aromatic ring is 2. The van der Waals surface area contributed by atoms with Crippen molar-refractivity contribution < 1.29 is 9.59 Å². The molecule has 0 aliphatic heterocycles. The Labute approximate surface area is 279 Å². The zero-order chi connectivity index (χ0) is 33.5. The molecule has 1 aromatic heterocycles. The van der Waals surface area contributed by atoms with E-state index in [1.54, 1.807) is 0 Å². The number of anilines is 2. The molecule has 12 heteroatoms. The second kappa shape index (κ2) is 19.3. The van der Waals surface area contributed by atoms with Crippen LogP contribution in [-0.2, 0) is 30.5 Å². The van der Waals surface area contributed by atoms with Crippen LogP contribution in [0, 0.1) is 5.92 Å². The maximum Gasteiger partial charge on any atom is 0.280 e. The van der Waals surface area contributed by atoms with Crippen molar-refractivity contribution in [2.45, 2.75) is 103 Å². The van der Waals surface area contributed by atoms with Gasteiger partial charge in [-0.2, -0.15) is 0 Å². The molecule has 2 aromatic rings. The number of carbonyl (C=O) groups is 2. The summed E-state index contributed by atoms with van der Waals surface area (Å²) in [5.74, 6) is -1.19. The average molecular weight is 656 g/mol. The predicted octanol–water partition coefficient (Wildman–Crippen LogP) is 4.57. The fourth-order valence-corrected chi connectivity index (χ4v) is 6.32. The third-order valence-electron chi connectivity index (χ3n) is 8.83. The molecule has 2 amide bonds. The summed E-state index contributed by atoms with van der Waals surface area (Å²) in [5.41, 5.74) is 28.5. The lowest BCUT2D eigenvalue weighted by atomic mass is 9.81. The maximum atomic E-state index is 12.4. The van der Waals surface area contributed by atoms with E-state index in [2.05, 4.69) is 51.3 Å². The number of amides is 2. The van der Waals surface area contributed by atoms with Crippen LogP contribution in [0.15, 0.2) is 17.1 Å². The van der Waals surface area contributed by atoms with Crippen LogP contribution < -0.4 is 28.3 Å². The van der Waals surface area contributed by atoms with Crippen molar-refractivity contribution in [1.29, 1.82) is 0 Å². The van der Waals surface area contributed by atoms with E-state index in [0.717, 1.165) is 70.9 Å². The van der Waals surface area contributed by atoms with E-state index in [1.807, 2.05) is 0 Å². The number of carbonyl (C=O) groups excluding carboxylic acids is 2. The number of hydrogen-bond donors (Lipinski definition) is 5. The van der Waals surface area contributed by atoms with Crippen molar-refractivity contribution >= 4 is 41.0 Å². The van der Waals surface area contributed by atoms with Gasteiger partial charge in [-0.25, -0.2) is 9.97 Å². The van der Waals surface area contributed by atoms with Gasteiger partial charge in [0.25, 0.3) is 5.91 Å². The summed E-state index contributed by atoms with van der Waals surface area (Å²) in [4.78, 5) is 39.2. The third kappa shape index (κ3) is 11.7. The van der Waals surface area contributed by atoms with Gasteiger partial charge in [-0.3, -0.25) is 19.9 Å². The van der Waals surface area contributed by atoms with Gasteiger partial charge in [0.15, 0.2) is 28.4 Å². The molecular formula is C34H54ClN9O2. The molecule has 0 bridgehead atoms. The van der Waals surface area contributed by atoms with E-state index in [0.29, 0.717) is 6.54 Å². The number of nitrogens with two attached hydrogens (primary N) is 4. The van der Waals surface area contributed by atoms with Crippen molar-refractivity contribution in [1.82, 2.24) is 20.2 Å². The highest BCUT2D eigenvalue weighted by Gasteiger charge is 2.22. The zero-order valence-corrected chi connectivity index (χ0v) is 28.5. The molecule has 1 aromatic carbocycles. The smallest absolute Gasteiger partial charge is 0.280 e. The quantitative estimate of drug-likeness (QED) is 0.0825. The summed E-state index contributed by atoms with van der Waals surface area (Å²) in [6.45, 7) is 4.91. The number of guanidine groups is 1. The largest absolute Gasteiger partial charge is 0.382 e. The Bertz CT molecular complexity index is 1330. The lowest BCUT2D eigenvalue weighted by Crippen LogP contribution is -2.38. The summed E-state index contributed by atoms with van der Waals surface area (Å²) in [5, 5.41) is 2.36. The number of aryl methyl sites for hydroxylation is 1. The highest BCUT2D eigenvalue weighted by atomic mass is 35.5. The van der Waals surface area contributed by atoms with Crippen LogP contribution in [0.1, 0.15) is 110 Å². The lowest BCUT2D eigenvalue weighted by Gasteiger charge is -2.25. The molecule has 0 spiro atoms. The molecule has 0 unspecified atom stereocenters. The van der Waals surface area contributed by atoms with Gasteiger partial charge in [0.05, 0.1) is 0 Å². The number of fused-ring (bicyclic) bond motifs is 1. The topological polar surface area (TPSA) is 192 Å². The number of aliphatic imine (C=N–C) groups is 1. The first-order valence-electron chi connectivity index (χ1n) is 16.9. The van der Waals surface area contributed by atoms with Crippen LogP contribution in [0.5, 0.6) is 0 Å².